The fraction of sp³-hybridized carbons (Fsp3) is 0.0588. The van der Waals surface area contributed by atoms with Crippen molar-refractivity contribution in [2.24, 2.45) is 0 Å². The average Bonchev–Trinajstić information content (AvgIpc) is 2.64. The summed E-state index contributed by atoms with van der Waals surface area (Å²) in [5.41, 5.74) is 1.40. The molecule has 25 heavy (non-hydrogen) atoms. The molecule has 0 aliphatic heterocycles. The van der Waals surface area contributed by atoms with E-state index in [1.54, 1.807) is 24.3 Å². The molecule has 0 unspecified atom stereocenters. The third-order valence-electron chi connectivity index (χ3n) is 3.40. The Balaban J connectivity index is 2.05. The zero-order valence-electron chi connectivity index (χ0n) is 13.2. The van der Waals surface area contributed by atoms with Crippen molar-refractivity contribution in [3.8, 4) is 17.0 Å². The molecule has 128 valence electrons. The van der Waals surface area contributed by atoms with Crippen molar-refractivity contribution in [1.29, 1.82) is 0 Å². The molecule has 1 N–H and O–H groups in total. The van der Waals surface area contributed by atoms with Crippen LogP contribution < -0.4 is 9.46 Å². The molecule has 0 saturated heterocycles. The summed E-state index contributed by atoms with van der Waals surface area (Å²) >= 11 is 3.17. The maximum Gasteiger partial charge on any atom is 0.263 e. The molecule has 2 aromatic carbocycles. The van der Waals surface area contributed by atoms with E-state index in [4.69, 9.17) is 4.74 Å². The number of benzene rings is 2. The van der Waals surface area contributed by atoms with Crippen molar-refractivity contribution < 1.29 is 13.2 Å². The van der Waals surface area contributed by atoms with Crippen molar-refractivity contribution in [3.05, 3.63) is 65.4 Å². The topological polar surface area (TPSA) is 81.2 Å². The van der Waals surface area contributed by atoms with Gasteiger partial charge < -0.3 is 4.74 Å². The number of rotatable bonds is 5. The van der Waals surface area contributed by atoms with Gasteiger partial charge >= 0.3 is 0 Å². The van der Waals surface area contributed by atoms with E-state index in [1.165, 1.54) is 13.3 Å². The number of sulfonamides is 1. The van der Waals surface area contributed by atoms with Gasteiger partial charge in [-0.15, -0.1) is 0 Å². The first-order chi connectivity index (χ1) is 12.0. The van der Waals surface area contributed by atoms with E-state index in [-0.39, 0.29) is 16.6 Å². The Labute approximate surface area is 154 Å². The molecule has 0 saturated carbocycles. The summed E-state index contributed by atoms with van der Waals surface area (Å²) in [4.78, 5) is 8.24. The van der Waals surface area contributed by atoms with E-state index in [9.17, 15) is 8.42 Å². The molecule has 0 atom stereocenters. The number of nitrogens with one attached hydrogen (secondary N) is 1. The summed E-state index contributed by atoms with van der Waals surface area (Å²) in [7, 11) is -2.49. The predicted molar refractivity (Wildman–Crippen MR) is 99.0 cm³/mol. The highest BCUT2D eigenvalue weighted by atomic mass is 79.9. The molecule has 1 aromatic heterocycles. The van der Waals surface area contributed by atoms with E-state index in [0.29, 0.717) is 10.2 Å². The maximum atomic E-state index is 12.9. The minimum Gasteiger partial charge on any atom is -0.478 e. The van der Waals surface area contributed by atoms with Gasteiger partial charge in [0.25, 0.3) is 15.9 Å². The van der Waals surface area contributed by atoms with Gasteiger partial charge in [0.15, 0.2) is 0 Å². The fourth-order valence-electron chi connectivity index (χ4n) is 2.30. The summed E-state index contributed by atoms with van der Waals surface area (Å²) in [5.74, 6) is 0.101. The molecular weight excluding hydrogens is 406 g/mol. The first-order valence-corrected chi connectivity index (χ1v) is 9.52. The number of ether oxygens (including phenoxy) is 1. The summed E-state index contributed by atoms with van der Waals surface area (Å²) in [6.45, 7) is 0. The van der Waals surface area contributed by atoms with Gasteiger partial charge in [0, 0.05) is 5.56 Å². The van der Waals surface area contributed by atoms with Crippen LogP contribution >= 0.6 is 15.9 Å². The van der Waals surface area contributed by atoms with Crippen molar-refractivity contribution in [2.45, 2.75) is 4.90 Å². The van der Waals surface area contributed by atoms with Crippen LogP contribution in [0, 0.1) is 0 Å². The van der Waals surface area contributed by atoms with Crippen molar-refractivity contribution in [1.82, 2.24) is 9.97 Å². The smallest absolute Gasteiger partial charge is 0.263 e. The highest BCUT2D eigenvalue weighted by Gasteiger charge is 2.22. The lowest BCUT2D eigenvalue weighted by atomic mass is 10.1. The highest BCUT2D eigenvalue weighted by Crippen LogP contribution is 2.30. The van der Waals surface area contributed by atoms with E-state index >= 15 is 0 Å². The van der Waals surface area contributed by atoms with Crippen LogP contribution in [0.15, 0.2) is 70.3 Å². The van der Waals surface area contributed by atoms with Gasteiger partial charge in [-0.05, 0) is 27.6 Å². The minimum atomic E-state index is -3.89. The van der Waals surface area contributed by atoms with Gasteiger partial charge in [-0.25, -0.2) is 18.4 Å². The van der Waals surface area contributed by atoms with Crippen LogP contribution in [-0.2, 0) is 10.0 Å². The number of anilines is 1. The van der Waals surface area contributed by atoms with Gasteiger partial charge in [0.05, 0.1) is 18.2 Å². The van der Waals surface area contributed by atoms with Crippen molar-refractivity contribution >= 4 is 31.8 Å². The number of hydrogen-bond acceptors (Lipinski definition) is 5. The lowest BCUT2D eigenvalue weighted by molar-refractivity contribution is 0.397. The summed E-state index contributed by atoms with van der Waals surface area (Å²) < 4.78 is 33.8. The second kappa shape index (κ2) is 7.20. The number of aromatic nitrogens is 2. The minimum absolute atomic E-state index is 0.0218. The summed E-state index contributed by atoms with van der Waals surface area (Å²) in [5, 5.41) is 0. The van der Waals surface area contributed by atoms with Gasteiger partial charge in [0.1, 0.15) is 4.60 Å². The molecule has 8 heteroatoms. The van der Waals surface area contributed by atoms with Crippen LogP contribution in [0.25, 0.3) is 11.1 Å². The van der Waals surface area contributed by atoms with Crippen LogP contribution in [0.3, 0.4) is 0 Å². The zero-order chi connectivity index (χ0) is 17.9. The number of methoxy groups -OCH3 is 1. The summed E-state index contributed by atoms with van der Waals surface area (Å²) in [6.07, 6.45) is 1.39. The molecule has 3 aromatic rings. The van der Waals surface area contributed by atoms with Crippen molar-refractivity contribution in [2.75, 3.05) is 11.8 Å². The average molecular weight is 420 g/mol. The molecule has 3 rings (SSSR count). The van der Waals surface area contributed by atoms with E-state index in [2.05, 4.69) is 30.6 Å². The molecule has 6 nitrogen and oxygen atoms in total. The zero-order valence-corrected chi connectivity index (χ0v) is 15.6. The van der Waals surface area contributed by atoms with Crippen molar-refractivity contribution in [3.63, 3.8) is 0 Å². The van der Waals surface area contributed by atoms with Crippen LogP contribution in [0.2, 0.25) is 0 Å². The molecule has 0 spiro atoms. The molecule has 0 bridgehead atoms. The third-order valence-corrected chi connectivity index (χ3v) is 5.18. The largest absolute Gasteiger partial charge is 0.478 e. The van der Waals surface area contributed by atoms with Crippen LogP contribution in [-0.4, -0.2) is 25.5 Å². The normalized spacial score (nSPS) is 11.1. The predicted octanol–water partition coefficient (Wildman–Crippen LogP) is 3.72. The molecule has 0 radical (unpaired) electrons. The standard InChI is InChI=1S/C17H14BrN3O3S/c1-24-17-16(19-11-15(18)20-17)21-25(22,23)14-10-6-5-9-13(14)12-7-3-2-4-8-12/h2-11H,1H3,(H,19,21). The first-order valence-electron chi connectivity index (χ1n) is 7.25. The fourth-order valence-corrected chi connectivity index (χ4v) is 3.80. The number of nitrogens with zero attached hydrogens (tertiary/aromatic N) is 2. The second-order valence-corrected chi connectivity index (χ2v) is 7.48. The second-order valence-electron chi connectivity index (χ2n) is 5.02. The van der Waals surface area contributed by atoms with E-state index in [1.807, 2.05) is 30.3 Å². The third kappa shape index (κ3) is 3.80. The highest BCUT2D eigenvalue weighted by molar-refractivity contribution is 9.10. The SMILES string of the molecule is COc1nc(Br)cnc1NS(=O)(=O)c1ccccc1-c1ccccc1. The number of halogens is 1. The molecular formula is C17H14BrN3O3S. The molecule has 1 heterocycles. The van der Waals surface area contributed by atoms with Crippen LogP contribution in [0.5, 0.6) is 5.88 Å². The molecule has 0 fully saturated rings. The van der Waals surface area contributed by atoms with Gasteiger partial charge in [-0.2, -0.15) is 0 Å². The van der Waals surface area contributed by atoms with E-state index < -0.39 is 10.0 Å². The molecule has 0 aliphatic rings. The number of hydrogen-bond donors (Lipinski definition) is 1. The Bertz CT molecular complexity index is 995. The Kier molecular flexibility index (Phi) is 5.00. The first kappa shape index (κ1) is 17.4. The lowest BCUT2D eigenvalue weighted by Crippen LogP contribution is -2.16. The molecule has 0 amide bonds. The van der Waals surface area contributed by atoms with E-state index in [0.717, 1.165) is 5.56 Å². The Morgan fingerprint density at radius 1 is 1.04 bits per heavy atom. The van der Waals surface area contributed by atoms with Crippen LogP contribution in [0.4, 0.5) is 5.82 Å². The Morgan fingerprint density at radius 3 is 2.44 bits per heavy atom. The van der Waals surface area contributed by atoms with Gasteiger partial charge in [-0.1, -0.05) is 48.5 Å². The van der Waals surface area contributed by atoms with Gasteiger partial charge in [0.2, 0.25) is 5.82 Å². The van der Waals surface area contributed by atoms with Crippen LogP contribution in [0.1, 0.15) is 0 Å². The monoisotopic (exact) mass is 419 g/mol. The molecule has 0 aliphatic carbocycles. The summed E-state index contributed by atoms with van der Waals surface area (Å²) in [6, 6.07) is 16.1. The Hall–Kier alpha value is -2.45. The lowest BCUT2D eigenvalue weighted by Gasteiger charge is -2.13. The Morgan fingerprint density at radius 2 is 1.72 bits per heavy atom. The van der Waals surface area contributed by atoms with Gasteiger partial charge in [-0.3, -0.25) is 4.72 Å². The maximum absolute atomic E-state index is 12.9. The quantitative estimate of drug-likeness (QED) is 0.681.